The molecule has 0 atom stereocenters. The maximum atomic E-state index is 12.6. The second-order valence-corrected chi connectivity index (χ2v) is 6.40. The van der Waals surface area contributed by atoms with Gasteiger partial charge in [0.15, 0.2) is 4.77 Å². The number of amides is 1. The Bertz CT molecular complexity index is 1110. The molecule has 4 aromatic rings. The first kappa shape index (κ1) is 16.4. The summed E-state index contributed by atoms with van der Waals surface area (Å²) in [6, 6.07) is 17.8. The lowest BCUT2D eigenvalue weighted by atomic mass is 10.1. The van der Waals surface area contributed by atoms with Gasteiger partial charge in [-0.2, -0.15) is 0 Å². The van der Waals surface area contributed by atoms with Gasteiger partial charge in [0.2, 0.25) is 0 Å². The number of carbonyl (C=O) groups is 1. The quantitative estimate of drug-likeness (QED) is 0.470. The highest BCUT2D eigenvalue weighted by Gasteiger charge is 2.14. The molecule has 26 heavy (non-hydrogen) atoms. The Morgan fingerprint density at radius 3 is 2.62 bits per heavy atom. The molecule has 0 aliphatic heterocycles. The number of para-hydroxylation sites is 2. The van der Waals surface area contributed by atoms with Crippen molar-refractivity contribution in [3.63, 3.8) is 0 Å². The summed E-state index contributed by atoms with van der Waals surface area (Å²) in [5.41, 5.74) is 3.66. The Balaban J connectivity index is 1.49. The predicted molar refractivity (Wildman–Crippen MR) is 105 cm³/mol. The van der Waals surface area contributed by atoms with E-state index in [1.807, 2.05) is 54.7 Å². The minimum atomic E-state index is -0.152. The van der Waals surface area contributed by atoms with Crippen molar-refractivity contribution in [3.05, 3.63) is 83.0 Å². The van der Waals surface area contributed by atoms with Crippen molar-refractivity contribution in [1.29, 1.82) is 0 Å². The summed E-state index contributed by atoms with van der Waals surface area (Å²) in [5.74, 6) is -0.152. The zero-order valence-electron chi connectivity index (χ0n) is 14.0. The van der Waals surface area contributed by atoms with E-state index in [1.165, 1.54) is 10.9 Å². The fourth-order valence-corrected chi connectivity index (χ4v) is 3.37. The number of hydrogen-bond donors (Lipinski definition) is 3. The van der Waals surface area contributed by atoms with E-state index in [-0.39, 0.29) is 5.91 Å². The third kappa shape index (κ3) is 3.07. The summed E-state index contributed by atoms with van der Waals surface area (Å²) >= 11 is 5.33. The highest BCUT2D eigenvalue weighted by atomic mass is 32.1. The first-order chi connectivity index (χ1) is 12.7. The van der Waals surface area contributed by atoms with Crippen LogP contribution < -0.4 is 5.32 Å². The van der Waals surface area contributed by atoms with Crippen LogP contribution in [-0.2, 0) is 6.42 Å². The van der Waals surface area contributed by atoms with Gasteiger partial charge in [0.25, 0.3) is 5.91 Å². The van der Waals surface area contributed by atoms with Crippen LogP contribution in [0.15, 0.2) is 67.0 Å². The fourth-order valence-electron chi connectivity index (χ4n) is 3.11. The maximum absolute atomic E-state index is 12.6. The molecule has 4 rings (SSSR count). The van der Waals surface area contributed by atoms with Crippen LogP contribution in [0.25, 0.3) is 16.6 Å². The Labute approximate surface area is 155 Å². The smallest absolute Gasteiger partial charge is 0.269 e. The molecule has 6 heteroatoms. The van der Waals surface area contributed by atoms with Crippen molar-refractivity contribution in [3.8, 4) is 5.69 Å². The van der Waals surface area contributed by atoms with Gasteiger partial charge in [-0.05, 0) is 42.4 Å². The molecule has 0 saturated carbocycles. The van der Waals surface area contributed by atoms with Crippen LogP contribution in [0.4, 0.5) is 0 Å². The minimum Gasteiger partial charge on any atom is -0.361 e. The molecular formula is C20H18N4OS. The molecule has 0 fully saturated rings. The molecule has 0 unspecified atom stereocenters. The van der Waals surface area contributed by atoms with Crippen LogP contribution in [0, 0.1) is 4.77 Å². The number of nitrogens with one attached hydrogen (secondary N) is 3. The summed E-state index contributed by atoms with van der Waals surface area (Å²) in [6.45, 7) is 0.549. The Kier molecular flexibility index (Phi) is 4.41. The molecule has 2 aromatic heterocycles. The standard InChI is InChI=1S/C20H18N4OS/c25-19(18-13-23-20(26)24(18)15-6-2-1-3-7-15)21-11-10-14-12-22-17-9-5-4-8-16(14)17/h1-9,12-13,22H,10-11H2,(H,21,25)(H,23,26). The van der Waals surface area contributed by atoms with E-state index in [1.54, 1.807) is 10.8 Å². The van der Waals surface area contributed by atoms with Crippen LogP contribution in [-0.4, -0.2) is 27.0 Å². The number of rotatable bonds is 5. The first-order valence-electron chi connectivity index (χ1n) is 8.43. The van der Waals surface area contributed by atoms with Crippen LogP contribution in [0.2, 0.25) is 0 Å². The SMILES string of the molecule is O=C(NCCc1c[nH]c2ccccc12)c1c[nH]c(=S)n1-c1ccccc1. The van der Waals surface area contributed by atoms with Gasteiger partial charge in [0.05, 0.1) is 0 Å². The average Bonchev–Trinajstić information content (AvgIpc) is 3.26. The molecule has 0 bridgehead atoms. The van der Waals surface area contributed by atoms with Crippen molar-refractivity contribution in [2.24, 2.45) is 0 Å². The van der Waals surface area contributed by atoms with E-state index < -0.39 is 0 Å². The molecule has 1 amide bonds. The summed E-state index contributed by atoms with van der Waals surface area (Å²) in [4.78, 5) is 18.9. The number of aromatic nitrogens is 3. The van der Waals surface area contributed by atoms with Gasteiger partial charge in [-0.15, -0.1) is 0 Å². The van der Waals surface area contributed by atoms with E-state index in [0.29, 0.717) is 17.0 Å². The van der Waals surface area contributed by atoms with Gasteiger partial charge in [-0.25, -0.2) is 0 Å². The van der Waals surface area contributed by atoms with E-state index in [2.05, 4.69) is 21.4 Å². The van der Waals surface area contributed by atoms with Crippen molar-refractivity contribution in [1.82, 2.24) is 19.9 Å². The molecule has 5 nitrogen and oxygen atoms in total. The molecule has 0 aliphatic rings. The van der Waals surface area contributed by atoms with E-state index in [9.17, 15) is 4.79 Å². The van der Waals surface area contributed by atoms with E-state index in [0.717, 1.165) is 17.6 Å². The monoisotopic (exact) mass is 362 g/mol. The number of benzene rings is 2. The molecule has 0 saturated heterocycles. The number of H-pyrrole nitrogens is 2. The van der Waals surface area contributed by atoms with Crippen molar-refractivity contribution < 1.29 is 4.79 Å². The summed E-state index contributed by atoms with van der Waals surface area (Å²) < 4.78 is 2.24. The molecule has 0 spiro atoms. The molecule has 2 heterocycles. The third-order valence-corrected chi connectivity index (χ3v) is 4.68. The van der Waals surface area contributed by atoms with Crippen molar-refractivity contribution >= 4 is 29.0 Å². The minimum absolute atomic E-state index is 0.152. The molecule has 2 aromatic carbocycles. The largest absolute Gasteiger partial charge is 0.361 e. The molecule has 130 valence electrons. The van der Waals surface area contributed by atoms with Gasteiger partial charge in [0, 0.05) is 35.5 Å². The normalized spacial score (nSPS) is 10.9. The molecule has 3 N–H and O–H groups in total. The van der Waals surface area contributed by atoms with Gasteiger partial charge in [0.1, 0.15) is 5.69 Å². The lowest BCUT2D eigenvalue weighted by Crippen LogP contribution is -2.27. The fraction of sp³-hybridized carbons (Fsp3) is 0.100. The highest BCUT2D eigenvalue weighted by Crippen LogP contribution is 2.18. The van der Waals surface area contributed by atoms with Crippen LogP contribution >= 0.6 is 12.2 Å². The average molecular weight is 362 g/mol. The highest BCUT2D eigenvalue weighted by molar-refractivity contribution is 7.71. The number of fused-ring (bicyclic) bond motifs is 1. The number of hydrogen-bond acceptors (Lipinski definition) is 2. The van der Waals surface area contributed by atoms with Crippen LogP contribution in [0.1, 0.15) is 16.1 Å². The second kappa shape index (κ2) is 7.01. The van der Waals surface area contributed by atoms with E-state index >= 15 is 0 Å². The Hall–Kier alpha value is -3.12. The molecule has 0 aliphatic carbocycles. The van der Waals surface area contributed by atoms with Crippen LogP contribution in [0.3, 0.4) is 0 Å². The predicted octanol–water partition coefficient (Wildman–Crippen LogP) is 3.99. The van der Waals surface area contributed by atoms with E-state index in [4.69, 9.17) is 12.2 Å². The lowest BCUT2D eigenvalue weighted by Gasteiger charge is -2.09. The zero-order chi connectivity index (χ0) is 17.9. The lowest BCUT2D eigenvalue weighted by molar-refractivity contribution is 0.0947. The summed E-state index contributed by atoms with van der Waals surface area (Å²) in [6.07, 6.45) is 4.40. The topological polar surface area (TPSA) is 65.6 Å². The van der Waals surface area contributed by atoms with Gasteiger partial charge < -0.3 is 15.3 Å². The molecule has 0 radical (unpaired) electrons. The van der Waals surface area contributed by atoms with Gasteiger partial charge in [-0.3, -0.25) is 9.36 Å². The Morgan fingerprint density at radius 1 is 1.00 bits per heavy atom. The Morgan fingerprint density at radius 2 is 1.77 bits per heavy atom. The summed E-state index contributed by atoms with van der Waals surface area (Å²) in [5, 5.41) is 4.18. The number of aromatic amines is 2. The first-order valence-corrected chi connectivity index (χ1v) is 8.84. The summed E-state index contributed by atoms with van der Waals surface area (Å²) in [7, 11) is 0. The zero-order valence-corrected chi connectivity index (χ0v) is 14.8. The number of carbonyl (C=O) groups excluding carboxylic acids is 1. The number of nitrogens with zero attached hydrogens (tertiary/aromatic N) is 1. The maximum Gasteiger partial charge on any atom is 0.269 e. The number of imidazole rings is 1. The van der Waals surface area contributed by atoms with Gasteiger partial charge >= 0.3 is 0 Å². The molecular weight excluding hydrogens is 344 g/mol. The van der Waals surface area contributed by atoms with Crippen molar-refractivity contribution in [2.75, 3.05) is 6.54 Å². The van der Waals surface area contributed by atoms with Crippen LogP contribution in [0.5, 0.6) is 0 Å². The van der Waals surface area contributed by atoms with Crippen molar-refractivity contribution in [2.45, 2.75) is 6.42 Å². The second-order valence-electron chi connectivity index (χ2n) is 6.02. The van der Waals surface area contributed by atoms with Gasteiger partial charge in [-0.1, -0.05) is 36.4 Å². The third-order valence-electron chi connectivity index (χ3n) is 4.38.